The first kappa shape index (κ1) is 25.7. The van der Waals surface area contributed by atoms with E-state index in [0.717, 1.165) is 24.5 Å². The Morgan fingerprint density at radius 1 is 1.28 bits per heavy atom. The average Bonchev–Trinajstić information content (AvgIpc) is 3.56. The second-order valence-electron chi connectivity index (χ2n) is 8.34. The number of benzene rings is 1. The van der Waals surface area contributed by atoms with Gasteiger partial charge in [-0.15, -0.1) is 0 Å². The second-order valence-corrected chi connectivity index (χ2v) is 8.86. The number of nitrogens with one attached hydrogen (secondary N) is 3. The summed E-state index contributed by atoms with van der Waals surface area (Å²) in [6, 6.07) is 10.5. The maximum absolute atomic E-state index is 12.9. The van der Waals surface area contributed by atoms with Gasteiger partial charge in [-0.2, -0.15) is 9.37 Å². The highest BCUT2D eigenvalue weighted by molar-refractivity contribution is 7.16. The molecule has 36 heavy (non-hydrogen) atoms. The topological polar surface area (TPSA) is 125 Å². The van der Waals surface area contributed by atoms with Crippen molar-refractivity contribution in [3.05, 3.63) is 54.0 Å². The molecule has 0 spiro atoms. The van der Waals surface area contributed by atoms with Gasteiger partial charge in [0.05, 0.1) is 0 Å². The normalized spacial score (nSPS) is 15.0. The molecule has 190 valence electrons. The summed E-state index contributed by atoms with van der Waals surface area (Å²) in [5, 5.41) is 18.7. The van der Waals surface area contributed by atoms with E-state index in [1.165, 1.54) is 25.9 Å². The lowest BCUT2D eigenvalue weighted by Gasteiger charge is -2.15. The lowest BCUT2D eigenvalue weighted by Crippen LogP contribution is -2.26. The molecule has 12 heteroatoms. The van der Waals surface area contributed by atoms with Gasteiger partial charge in [0.2, 0.25) is 17.8 Å². The van der Waals surface area contributed by atoms with Crippen LogP contribution in [0.5, 0.6) is 5.75 Å². The summed E-state index contributed by atoms with van der Waals surface area (Å²) in [6.45, 7) is 6.55. The number of hydrogen-bond acceptors (Lipinski definition) is 8. The summed E-state index contributed by atoms with van der Waals surface area (Å²) in [5.74, 6) is 1.90. The Hall–Kier alpha value is -3.43. The number of likely N-dealkylation sites (tertiary alicyclic amines) is 1. The number of ether oxygens (including phenoxy) is 1. The smallest absolute Gasteiger partial charge is 0.295 e. The van der Waals surface area contributed by atoms with Crippen molar-refractivity contribution < 1.29 is 13.7 Å². The van der Waals surface area contributed by atoms with Gasteiger partial charge in [0.1, 0.15) is 17.4 Å². The van der Waals surface area contributed by atoms with Gasteiger partial charge < -0.3 is 24.8 Å². The molecule has 3 N–H and O–H groups in total. The standard InChI is InChI=1S/C24H30FN8O2P/c1-16(29-15-17-8-9-27-20(14-17)28-10-13-33-11-2-3-12-33)30-21(26)23-31-22(32-35-23)18-4-6-19(7-5-18)34-24(25)36/h4-9,14,24H,2-3,10-13,15,36H2,1H3,(H,27,28)(H2,26,29,30). The summed E-state index contributed by atoms with van der Waals surface area (Å²) >= 11 is 0. The minimum absolute atomic E-state index is 0.00587. The molecule has 10 nitrogen and oxygen atoms in total. The first-order valence-corrected chi connectivity index (χ1v) is 12.4. The van der Waals surface area contributed by atoms with Gasteiger partial charge in [0, 0.05) is 31.4 Å². The summed E-state index contributed by atoms with van der Waals surface area (Å²) in [6.07, 6.45) is 2.87. The molecule has 2 aromatic heterocycles. The number of amidine groups is 2. The van der Waals surface area contributed by atoms with Crippen LogP contribution in [0.3, 0.4) is 0 Å². The number of aromatic nitrogens is 3. The lowest BCUT2D eigenvalue weighted by atomic mass is 10.2. The van der Waals surface area contributed by atoms with Crippen LogP contribution in [0.1, 0.15) is 31.2 Å². The van der Waals surface area contributed by atoms with Gasteiger partial charge in [-0.1, -0.05) is 14.4 Å². The summed E-state index contributed by atoms with van der Waals surface area (Å²) in [5.41, 5.74) is 1.69. The fourth-order valence-corrected chi connectivity index (χ4v) is 3.92. The molecule has 2 atom stereocenters. The third-order valence-electron chi connectivity index (χ3n) is 5.57. The third kappa shape index (κ3) is 7.53. The fourth-order valence-electron chi connectivity index (χ4n) is 3.76. The van der Waals surface area contributed by atoms with E-state index in [2.05, 4.69) is 35.7 Å². The summed E-state index contributed by atoms with van der Waals surface area (Å²) in [7, 11) is 1.92. The Morgan fingerprint density at radius 2 is 2.06 bits per heavy atom. The van der Waals surface area contributed by atoms with Gasteiger partial charge in [-0.05, 0) is 74.8 Å². The molecule has 1 aliphatic heterocycles. The minimum atomic E-state index is -1.48. The van der Waals surface area contributed by atoms with E-state index in [0.29, 0.717) is 29.5 Å². The number of rotatable bonds is 10. The monoisotopic (exact) mass is 512 g/mol. The molecule has 0 bridgehead atoms. The van der Waals surface area contributed by atoms with E-state index in [1.807, 2.05) is 21.4 Å². The molecule has 0 amide bonds. The van der Waals surface area contributed by atoms with Crippen LogP contribution in [0.15, 0.2) is 52.1 Å². The van der Waals surface area contributed by atoms with Gasteiger partial charge >= 0.3 is 0 Å². The summed E-state index contributed by atoms with van der Waals surface area (Å²) < 4.78 is 23.1. The van der Waals surface area contributed by atoms with Crippen molar-refractivity contribution >= 4 is 26.7 Å². The molecule has 1 saturated heterocycles. The SMILES string of the molecule is C/C(=N/C(=N)c1nc(-c2ccc(OC(F)P)cc2)no1)NCc1ccnc(NCCN2CCCC2)c1. The molecule has 0 saturated carbocycles. The van der Waals surface area contributed by atoms with E-state index in [-0.39, 0.29) is 11.7 Å². The number of anilines is 1. The van der Waals surface area contributed by atoms with Crippen molar-refractivity contribution in [1.82, 2.24) is 25.3 Å². The zero-order chi connectivity index (χ0) is 25.3. The number of hydrogen-bond donors (Lipinski definition) is 3. The van der Waals surface area contributed by atoms with Crippen LogP contribution >= 0.6 is 9.24 Å². The largest absolute Gasteiger partial charge is 0.457 e. The molecular formula is C24H30FN8O2P. The van der Waals surface area contributed by atoms with E-state index in [1.54, 1.807) is 37.4 Å². The Morgan fingerprint density at radius 3 is 2.81 bits per heavy atom. The predicted octanol–water partition coefficient (Wildman–Crippen LogP) is 3.68. The van der Waals surface area contributed by atoms with Crippen molar-refractivity contribution in [2.24, 2.45) is 4.99 Å². The van der Waals surface area contributed by atoms with Crippen LogP contribution < -0.4 is 15.4 Å². The van der Waals surface area contributed by atoms with Crippen molar-refractivity contribution in [3.63, 3.8) is 0 Å². The quantitative estimate of drug-likeness (QED) is 0.214. The molecule has 4 rings (SSSR count). The maximum atomic E-state index is 12.9. The highest BCUT2D eigenvalue weighted by Gasteiger charge is 2.14. The molecule has 3 heterocycles. The zero-order valence-corrected chi connectivity index (χ0v) is 21.2. The van der Waals surface area contributed by atoms with E-state index in [9.17, 15) is 4.39 Å². The van der Waals surface area contributed by atoms with Crippen LogP contribution in [0, 0.1) is 5.41 Å². The van der Waals surface area contributed by atoms with Gasteiger partial charge in [-0.25, -0.2) is 9.98 Å². The third-order valence-corrected chi connectivity index (χ3v) is 5.71. The van der Waals surface area contributed by atoms with E-state index in [4.69, 9.17) is 14.7 Å². The molecule has 0 radical (unpaired) electrons. The van der Waals surface area contributed by atoms with Crippen LogP contribution in [-0.4, -0.2) is 64.0 Å². The van der Waals surface area contributed by atoms with Crippen LogP contribution in [-0.2, 0) is 6.54 Å². The highest BCUT2D eigenvalue weighted by atomic mass is 31.0. The molecule has 3 aromatic rings. The molecule has 1 fully saturated rings. The Balaban J connectivity index is 1.28. The first-order valence-electron chi connectivity index (χ1n) is 11.8. The molecule has 1 aromatic carbocycles. The van der Waals surface area contributed by atoms with Crippen LogP contribution in [0.4, 0.5) is 10.2 Å². The maximum Gasteiger partial charge on any atom is 0.295 e. The number of aliphatic imine (C=N–C) groups is 1. The van der Waals surface area contributed by atoms with E-state index < -0.39 is 6.10 Å². The van der Waals surface area contributed by atoms with Gasteiger partial charge in [0.25, 0.3) is 5.89 Å². The van der Waals surface area contributed by atoms with Crippen molar-refractivity contribution in [1.29, 1.82) is 5.41 Å². The highest BCUT2D eigenvalue weighted by Crippen LogP contribution is 2.22. The molecular weight excluding hydrogens is 482 g/mol. The summed E-state index contributed by atoms with van der Waals surface area (Å²) in [4.78, 5) is 15.3. The first-order chi connectivity index (χ1) is 17.5. The number of nitrogens with zero attached hydrogens (tertiary/aromatic N) is 5. The van der Waals surface area contributed by atoms with Crippen LogP contribution in [0.2, 0.25) is 0 Å². The Kier molecular flexibility index (Phi) is 8.91. The fraction of sp³-hybridized carbons (Fsp3) is 0.375. The molecule has 2 unspecified atom stereocenters. The minimum Gasteiger partial charge on any atom is -0.457 e. The molecule has 0 aliphatic carbocycles. The average molecular weight is 513 g/mol. The Labute approximate surface area is 211 Å². The zero-order valence-electron chi connectivity index (χ0n) is 20.1. The van der Waals surface area contributed by atoms with Crippen LogP contribution in [0.25, 0.3) is 11.4 Å². The number of halogens is 1. The second kappa shape index (κ2) is 12.5. The van der Waals surface area contributed by atoms with Crippen molar-refractivity contribution in [3.8, 4) is 17.1 Å². The lowest BCUT2D eigenvalue weighted by molar-refractivity contribution is 0.153. The van der Waals surface area contributed by atoms with Crippen molar-refractivity contribution in [2.75, 3.05) is 31.5 Å². The van der Waals surface area contributed by atoms with Crippen molar-refractivity contribution in [2.45, 2.75) is 32.4 Å². The van der Waals surface area contributed by atoms with Gasteiger partial charge in [-0.3, -0.25) is 5.41 Å². The number of pyridine rings is 1. The molecule has 1 aliphatic rings. The van der Waals surface area contributed by atoms with E-state index >= 15 is 0 Å². The number of alkyl halides is 1. The Bertz CT molecular complexity index is 1180. The van der Waals surface area contributed by atoms with Gasteiger partial charge in [0.15, 0.2) is 0 Å². The predicted molar refractivity (Wildman–Crippen MR) is 140 cm³/mol.